The molecule has 3 aromatic heterocycles. The summed E-state index contributed by atoms with van der Waals surface area (Å²) in [7, 11) is 1.40. The Hall–Kier alpha value is -4.33. The van der Waals surface area contributed by atoms with Crippen LogP contribution in [-0.4, -0.2) is 51.9 Å². The van der Waals surface area contributed by atoms with E-state index in [4.69, 9.17) is 15.0 Å². The average molecular weight is 478 g/mol. The summed E-state index contributed by atoms with van der Waals surface area (Å²) in [5, 5.41) is 15.4. The molecule has 0 saturated heterocycles. The number of hydrogen-bond acceptors (Lipinski definition) is 7. The molecule has 0 radical (unpaired) electrons. The van der Waals surface area contributed by atoms with E-state index in [1.165, 1.54) is 24.2 Å². The van der Waals surface area contributed by atoms with Gasteiger partial charge in [-0.3, -0.25) is 19.2 Å². The van der Waals surface area contributed by atoms with Crippen LogP contribution in [0.1, 0.15) is 45.8 Å². The second-order valence-corrected chi connectivity index (χ2v) is 8.52. The highest BCUT2D eigenvalue weighted by atomic mass is 19.1. The third-order valence-corrected chi connectivity index (χ3v) is 5.88. The number of ether oxygens (including phenoxy) is 1. The summed E-state index contributed by atoms with van der Waals surface area (Å²) in [6.07, 6.45) is 4.72. The van der Waals surface area contributed by atoms with E-state index in [0.29, 0.717) is 33.8 Å². The van der Waals surface area contributed by atoms with Gasteiger partial charge in [0.2, 0.25) is 5.88 Å². The van der Waals surface area contributed by atoms with Crippen molar-refractivity contribution < 1.29 is 18.7 Å². The maximum atomic E-state index is 13.4. The van der Waals surface area contributed by atoms with Gasteiger partial charge in [0.15, 0.2) is 0 Å². The normalized spacial score (nSPS) is 13.9. The van der Waals surface area contributed by atoms with Gasteiger partial charge in [0, 0.05) is 18.0 Å². The van der Waals surface area contributed by atoms with E-state index in [1.807, 2.05) is 26.8 Å². The van der Waals surface area contributed by atoms with Gasteiger partial charge >= 0.3 is 0 Å². The van der Waals surface area contributed by atoms with Gasteiger partial charge in [0.05, 0.1) is 54.1 Å². The highest BCUT2D eigenvalue weighted by Gasteiger charge is 2.47. The predicted molar refractivity (Wildman–Crippen MR) is 125 cm³/mol. The Balaban J connectivity index is 1.78. The standard InChI is InChI=1S/C24H24FN7O3/c1-14-9-18(15-10-17(21(33)27-7-6-26)22(35-4)28-11-15)30-20-19(14)23(34)32(24(20,2)3)16-12-29-31(13-16)8-5-25/h9-13H,5,7-8H2,1-4H3,(H,27,33). The summed E-state index contributed by atoms with van der Waals surface area (Å²) in [6, 6.07) is 5.22. The van der Waals surface area contributed by atoms with Crippen molar-refractivity contribution >= 4 is 17.5 Å². The van der Waals surface area contributed by atoms with Crippen molar-refractivity contribution in [1.29, 1.82) is 5.26 Å². The van der Waals surface area contributed by atoms with Gasteiger partial charge in [-0.2, -0.15) is 10.4 Å². The minimum Gasteiger partial charge on any atom is -0.480 e. The Labute approximate surface area is 201 Å². The molecule has 35 heavy (non-hydrogen) atoms. The van der Waals surface area contributed by atoms with Crippen LogP contribution >= 0.6 is 0 Å². The van der Waals surface area contributed by atoms with Gasteiger partial charge in [-0.1, -0.05) is 0 Å². The number of pyridine rings is 2. The molecule has 180 valence electrons. The lowest BCUT2D eigenvalue weighted by molar-refractivity contribution is 0.0952. The van der Waals surface area contributed by atoms with E-state index in [0.717, 1.165) is 0 Å². The molecule has 0 aromatic carbocycles. The van der Waals surface area contributed by atoms with Crippen molar-refractivity contribution in [1.82, 2.24) is 25.1 Å². The first-order valence-corrected chi connectivity index (χ1v) is 10.9. The SMILES string of the molecule is COc1ncc(-c2cc(C)c3c(n2)C(C)(C)N(c2cnn(CCF)c2)C3=O)cc1C(=O)NCC#N. The number of nitriles is 1. The monoisotopic (exact) mass is 477 g/mol. The number of hydrogen-bond donors (Lipinski definition) is 1. The van der Waals surface area contributed by atoms with E-state index < -0.39 is 18.1 Å². The maximum absolute atomic E-state index is 13.4. The molecule has 0 aliphatic carbocycles. The first-order chi connectivity index (χ1) is 16.7. The molecule has 3 aromatic rings. The lowest BCUT2D eigenvalue weighted by Gasteiger charge is -2.30. The van der Waals surface area contributed by atoms with Gasteiger partial charge < -0.3 is 10.1 Å². The Morgan fingerprint density at radius 2 is 2.09 bits per heavy atom. The zero-order valence-electron chi connectivity index (χ0n) is 19.8. The number of aryl methyl sites for hydroxylation is 2. The molecule has 1 N–H and O–H groups in total. The molecular formula is C24H24FN7O3. The van der Waals surface area contributed by atoms with Gasteiger partial charge in [0.1, 0.15) is 18.8 Å². The largest absolute Gasteiger partial charge is 0.480 e. The number of rotatable bonds is 7. The van der Waals surface area contributed by atoms with E-state index in [2.05, 4.69) is 15.4 Å². The number of amides is 2. The quantitative estimate of drug-likeness (QED) is 0.519. The number of halogens is 1. The van der Waals surface area contributed by atoms with Crippen molar-refractivity contribution in [2.45, 2.75) is 32.9 Å². The average Bonchev–Trinajstić information content (AvgIpc) is 3.36. The molecule has 0 atom stereocenters. The molecule has 11 heteroatoms. The zero-order valence-corrected chi connectivity index (χ0v) is 19.8. The third kappa shape index (κ3) is 4.07. The van der Waals surface area contributed by atoms with Crippen LogP contribution < -0.4 is 15.0 Å². The minimum absolute atomic E-state index is 0.103. The minimum atomic E-state index is -0.816. The Kier molecular flexibility index (Phi) is 6.22. The Morgan fingerprint density at radius 1 is 1.31 bits per heavy atom. The lowest BCUT2D eigenvalue weighted by Crippen LogP contribution is -2.39. The summed E-state index contributed by atoms with van der Waals surface area (Å²) in [5.41, 5.74) is 2.76. The molecule has 1 aliphatic rings. The number of alkyl halides is 1. The molecule has 0 fully saturated rings. The van der Waals surface area contributed by atoms with Crippen LogP contribution in [0.25, 0.3) is 11.3 Å². The van der Waals surface area contributed by atoms with Crippen LogP contribution in [0.5, 0.6) is 5.88 Å². The molecule has 10 nitrogen and oxygen atoms in total. The van der Waals surface area contributed by atoms with Crippen LogP contribution in [0.15, 0.2) is 30.7 Å². The molecule has 0 bridgehead atoms. The molecular weight excluding hydrogens is 453 g/mol. The molecule has 0 saturated carbocycles. The number of nitrogens with one attached hydrogen (secondary N) is 1. The molecule has 2 amide bonds. The van der Waals surface area contributed by atoms with Crippen LogP contribution in [0, 0.1) is 18.3 Å². The molecule has 4 rings (SSSR count). The Morgan fingerprint density at radius 3 is 2.77 bits per heavy atom. The highest BCUT2D eigenvalue weighted by molar-refractivity contribution is 6.12. The van der Waals surface area contributed by atoms with Crippen molar-refractivity contribution in [3.05, 3.63) is 53.1 Å². The smallest absolute Gasteiger partial charge is 0.261 e. The fraction of sp³-hybridized carbons (Fsp3) is 0.333. The van der Waals surface area contributed by atoms with Crippen molar-refractivity contribution in [2.75, 3.05) is 25.2 Å². The predicted octanol–water partition coefficient (Wildman–Crippen LogP) is 2.78. The fourth-order valence-electron chi connectivity index (χ4n) is 4.25. The second kappa shape index (κ2) is 9.13. The third-order valence-electron chi connectivity index (χ3n) is 5.88. The summed E-state index contributed by atoms with van der Waals surface area (Å²) >= 11 is 0. The number of fused-ring (bicyclic) bond motifs is 1. The van der Waals surface area contributed by atoms with E-state index in [-0.39, 0.29) is 30.4 Å². The van der Waals surface area contributed by atoms with Gasteiger partial charge in [0.25, 0.3) is 11.8 Å². The first-order valence-electron chi connectivity index (χ1n) is 10.9. The lowest BCUT2D eigenvalue weighted by atomic mass is 9.96. The summed E-state index contributed by atoms with van der Waals surface area (Å²) in [4.78, 5) is 36.6. The van der Waals surface area contributed by atoms with Gasteiger partial charge in [-0.25, -0.2) is 14.4 Å². The summed E-state index contributed by atoms with van der Waals surface area (Å²) < 4.78 is 19.4. The number of carbonyl (C=O) groups is 2. The van der Waals surface area contributed by atoms with Crippen molar-refractivity contribution in [2.24, 2.45) is 0 Å². The molecule has 0 unspecified atom stereocenters. The fourth-order valence-corrected chi connectivity index (χ4v) is 4.25. The molecule has 0 spiro atoms. The number of aromatic nitrogens is 4. The van der Waals surface area contributed by atoms with E-state index >= 15 is 0 Å². The van der Waals surface area contributed by atoms with Crippen LogP contribution in [-0.2, 0) is 12.1 Å². The second-order valence-electron chi connectivity index (χ2n) is 8.52. The summed E-state index contributed by atoms with van der Waals surface area (Å²) in [5.74, 6) is -0.595. The van der Waals surface area contributed by atoms with E-state index in [1.54, 1.807) is 23.2 Å². The van der Waals surface area contributed by atoms with Crippen molar-refractivity contribution in [3.63, 3.8) is 0 Å². The number of carbonyl (C=O) groups excluding carboxylic acids is 2. The van der Waals surface area contributed by atoms with Gasteiger partial charge in [-0.05, 0) is 38.5 Å². The highest BCUT2D eigenvalue weighted by Crippen LogP contribution is 2.43. The van der Waals surface area contributed by atoms with E-state index in [9.17, 15) is 14.0 Å². The molecule has 1 aliphatic heterocycles. The first kappa shape index (κ1) is 23.8. The summed E-state index contributed by atoms with van der Waals surface area (Å²) in [6.45, 7) is 4.97. The number of anilines is 1. The Bertz CT molecular complexity index is 1360. The number of nitrogens with zero attached hydrogens (tertiary/aromatic N) is 6. The van der Waals surface area contributed by atoms with Crippen molar-refractivity contribution in [3.8, 4) is 23.2 Å². The van der Waals surface area contributed by atoms with Crippen LogP contribution in [0.2, 0.25) is 0 Å². The van der Waals surface area contributed by atoms with Gasteiger partial charge in [-0.15, -0.1) is 0 Å². The van der Waals surface area contributed by atoms with Crippen LogP contribution in [0.3, 0.4) is 0 Å². The number of methoxy groups -OCH3 is 1. The zero-order chi connectivity index (χ0) is 25.3. The molecule has 4 heterocycles. The maximum Gasteiger partial charge on any atom is 0.261 e. The topological polar surface area (TPSA) is 126 Å². The van der Waals surface area contributed by atoms with Crippen LogP contribution in [0.4, 0.5) is 10.1 Å².